The molecule has 0 saturated heterocycles. The van der Waals surface area contributed by atoms with Crippen LogP contribution in [0.25, 0.3) is 5.57 Å². The van der Waals surface area contributed by atoms with Crippen LogP contribution in [0.15, 0.2) is 32.7 Å². The number of carbonyl (C=O) groups is 2. The molecule has 0 saturated carbocycles. The summed E-state index contributed by atoms with van der Waals surface area (Å²) in [5.74, 6) is -1.25. The van der Waals surface area contributed by atoms with Crippen LogP contribution in [0.5, 0.6) is 0 Å². The molecule has 1 aromatic carbocycles. The van der Waals surface area contributed by atoms with E-state index in [1.54, 1.807) is 19.1 Å². The van der Waals surface area contributed by atoms with Crippen molar-refractivity contribution in [1.29, 1.82) is 0 Å². The number of carboxylic acids is 1. The fourth-order valence-corrected chi connectivity index (χ4v) is 3.69. The Hall–Kier alpha value is -2.13. The van der Waals surface area contributed by atoms with Crippen molar-refractivity contribution in [3.8, 4) is 0 Å². The number of carbonyl (C=O) groups excluding carboxylic acids is 2. The zero-order valence-corrected chi connectivity index (χ0v) is 15.2. The summed E-state index contributed by atoms with van der Waals surface area (Å²) in [6, 6.07) is 5.31. The van der Waals surface area contributed by atoms with Crippen LogP contribution in [-0.2, 0) is 9.59 Å². The third-order valence-corrected chi connectivity index (χ3v) is 4.91. The minimum Gasteiger partial charge on any atom is -0.544 e. The summed E-state index contributed by atoms with van der Waals surface area (Å²) in [7, 11) is 0. The molecule has 0 radical (unpaired) electrons. The van der Waals surface area contributed by atoms with Gasteiger partial charge in [-0.25, -0.2) is 4.98 Å². The maximum atomic E-state index is 12.7. The average molecular weight is 408 g/mol. The standard InChI is InChI=1S/C15H13BrN4O3S/c1-3-20-10-5-4-8(16)6-9(10)11(13(20)21)12(14(22)23)24-15-17-7(2)18-19-15/h4-6H,3H2,1-2H3,(H,22,23)(H,17,18,19)/p-1/b12-11+. The highest BCUT2D eigenvalue weighted by Gasteiger charge is 2.34. The van der Waals surface area contributed by atoms with E-state index in [-0.39, 0.29) is 21.5 Å². The van der Waals surface area contributed by atoms with Crippen molar-refractivity contribution in [1.82, 2.24) is 15.2 Å². The first-order valence-electron chi connectivity index (χ1n) is 7.06. The maximum Gasteiger partial charge on any atom is 0.260 e. The third-order valence-electron chi connectivity index (χ3n) is 3.48. The highest BCUT2D eigenvalue weighted by Crippen LogP contribution is 2.42. The number of nitrogens with one attached hydrogen (secondary N) is 1. The number of amides is 1. The number of H-pyrrole nitrogens is 1. The molecule has 9 heteroatoms. The molecule has 1 aliphatic heterocycles. The highest BCUT2D eigenvalue weighted by atomic mass is 79.9. The van der Waals surface area contributed by atoms with Gasteiger partial charge >= 0.3 is 0 Å². The summed E-state index contributed by atoms with van der Waals surface area (Å²) in [6.45, 7) is 3.97. The second-order valence-corrected chi connectivity index (χ2v) is 6.90. The molecule has 0 fully saturated rings. The van der Waals surface area contributed by atoms with Crippen molar-refractivity contribution < 1.29 is 14.7 Å². The smallest absolute Gasteiger partial charge is 0.260 e. The monoisotopic (exact) mass is 407 g/mol. The Morgan fingerprint density at radius 3 is 2.79 bits per heavy atom. The van der Waals surface area contributed by atoms with Crippen molar-refractivity contribution in [2.24, 2.45) is 0 Å². The number of hydrogen-bond donors (Lipinski definition) is 1. The van der Waals surface area contributed by atoms with Gasteiger partial charge < -0.3 is 14.8 Å². The lowest BCUT2D eigenvalue weighted by atomic mass is 10.1. The number of aliphatic carboxylic acids is 1. The number of carboxylic acid groups (broad SMARTS) is 1. The Labute approximate surface area is 150 Å². The second-order valence-electron chi connectivity index (χ2n) is 5.01. The van der Waals surface area contributed by atoms with E-state index in [1.165, 1.54) is 4.90 Å². The Morgan fingerprint density at radius 2 is 2.21 bits per heavy atom. The predicted octanol–water partition coefficient (Wildman–Crippen LogP) is 1.50. The maximum absolute atomic E-state index is 12.7. The Morgan fingerprint density at radius 1 is 1.46 bits per heavy atom. The Balaban J connectivity index is 2.19. The van der Waals surface area contributed by atoms with E-state index < -0.39 is 5.97 Å². The van der Waals surface area contributed by atoms with Crippen LogP contribution < -0.4 is 10.0 Å². The number of anilines is 1. The van der Waals surface area contributed by atoms with Gasteiger partial charge in [-0.15, -0.1) is 5.10 Å². The molecular weight excluding hydrogens is 396 g/mol. The van der Waals surface area contributed by atoms with Crippen LogP contribution in [0, 0.1) is 6.92 Å². The summed E-state index contributed by atoms with van der Waals surface area (Å²) in [6.07, 6.45) is 0. The van der Waals surface area contributed by atoms with E-state index >= 15 is 0 Å². The van der Waals surface area contributed by atoms with Crippen LogP contribution in [-0.4, -0.2) is 33.6 Å². The first kappa shape index (κ1) is 16.7. The number of aromatic amines is 1. The van der Waals surface area contributed by atoms with Crippen molar-refractivity contribution in [3.63, 3.8) is 0 Å². The Bertz CT molecular complexity index is 877. The SMILES string of the molecule is CCN1C(=O)/C(=C(/Sc2n[nH]c(C)n2)C(=O)[O-])c2cc(Br)ccc21. The first-order valence-corrected chi connectivity index (χ1v) is 8.67. The summed E-state index contributed by atoms with van der Waals surface area (Å²) >= 11 is 4.16. The molecule has 1 amide bonds. The number of fused-ring (bicyclic) bond motifs is 1. The van der Waals surface area contributed by atoms with Gasteiger partial charge in [0.25, 0.3) is 5.91 Å². The second kappa shape index (κ2) is 6.40. The molecular formula is C15H12BrN4O3S-. The fraction of sp³-hybridized carbons (Fsp3) is 0.200. The molecule has 0 unspecified atom stereocenters. The minimum atomic E-state index is -1.44. The molecule has 0 spiro atoms. The molecule has 1 aromatic heterocycles. The summed E-state index contributed by atoms with van der Waals surface area (Å²) in [4.78, 5) is 29.9. The number of aromatic nitrogens is 3. The van der Waals surface area contributed by atoms with Gasteiger partial charge in [0.05, 0.1) is 22.1 Å². The highest BCUT2D eigenvalue weighted by molar-refractivity contribution is 9.10. The molecule has 2 aromatic rings. The lowest BCUT2D eigenvalue weighted by molar-refractivity contribution is -0.298. The van der Waals surface area contributed by atoms with Gasteiger partial charge in [-0.05, 0) is 43.8 Å². The lowest BCUT2D eigenvalue weighted by Gasteiger charge is -2.14. The van der Waals surface area contributed by atoms with E-state index in [4.69, 9.17) is 0 Å². The van der Waals surface area contributed by atoms with Crippen LogP contribution in [0.4, 0.5) is 5.69 Å². The number of thioether (sulfide) groups is 1. The molecule has 1 aliphatic rings. The molecule has 3 rings (SSSR count). The first-order chi connectivity index (χ1) is 11.4. The van der Waals surface area contributed by atoms with Gasteiger partial charge in [0.2, 0.25) is 5.16 Å². The quantitative estimate of drug-likeness (QED) is 0.608. The number of aryl methyl sites for hydroxylation is 1. The molecule has 2 heterocycles. The molecule has 7 nitrogen and oxygen atoms in total. The van der Waals surface area contributed by atoms with Gasteiger partial charge in [0.1, 0.15) is 5.82 Å². The van der Waals surface area contributed by atoms with E-state index in [0.29, 0.717) is 23.6 Å². The van der Waals surface area contributed by atoms with Crippen LogP contribution in [0.1, 0.15) is 18.3 Å². The summed E-state index contributed by atoms with van der Waals surface area (Å²) < 4.78 is 0.751. The molecule has 0 atom stereocenters. The predicted molar refractivity (Wildman–Crippen MR) is 91.1 cm³/mol. The van der Waals surface area contributed by atoms with Crippen LogP contribution in [0.2, 0.25) is 0 Å². The van der Waals surface area contributed by atoms with E-state index in [0.717, 1.165) is 16.2 Å². The normalized spacial score (nSPS) is 15.6. The van der Waals surface area contributed by atoms with Crippen molar-refractivity contribution in [3.05, 3.63) is 39.0 Å². The van der Waals surface area contributed by atoms with Crippen molar-refractivity contribution in [2.75, 3.05) is 11.4 Å². The van der Waals surface area contributed by atoms with Gasteiger partial charge in [0, 0.05) is 16.6 Å². The largest absolute Gasteiger partial charge is 0.544 e. The number of hydrogen-bond acceptors (Lipinski definition) is 6. The van der Waals surface area contributed by atoms with Gasteiger partial charge in [0.15, 0.2) is 0 Å². The summed E-state index contributed by atoms with van der Waals surface area (Å²) in [5.41, 5.74) is 1.32. The molecule has 24 heavy (non-hydrogen) atoms. The van der Waals surface area contributed by atoms with Gasteiger partial charge in [-0.1, -0.05) is 15.9 Å². The zero-order chi connectivity index (χ0) is 17.4. The Kier molecular flexibility index (Phi) is 4.46. The minimum absolute atomic E-state index is 0.0978. The number of nitrogens with zero attached hydrogens (tertiary/aromatic N) is 3. The topological polar surface area (TPSA) is 102 Å². The van der Waals surface area contributed by atoms with Crippen molar-refractivity contribution >= 4 is 50.8 Å². The van der Waals surface area contributed by atoms with E-state index in [9.17, 15) is 14.7 Å². The number of halogens is 1. The fourth-order valence-electron chi connectivity index (χ4n) is 2.49. The lowest BCUT2D eigenvalue weighted by Crippen LogP contribution is -2.29. The number of benzene rings is 1. The van der Waals surface area contributed by atoms with Crippen molar-refractivity contribution in [2.45, 2.75) is 19.0 Å². The van der Waals surface area contributed by atoms with Crippen LogP contribution >= 0.6 is 27.7 Å². The van der Waals surface area contributed by atoms with E-state index in [1.807, 2.05) is 13.0 Å². The number of rotatable bonds is 4. The van der Waals surface area contributed by atoms with E-state index in [2.05, 4.69) is 31.1 Å². The average Bonchev–Trinajstić information content (AvgIpc) is 3.05. The summed E-state index contributed by atoms with van der Waals surface area (Å²) in [5, 5.41) is 18.5. The zero-order valence-electron chi connectivity index (χ0n) is 12.8. The number of likely N-dealkylation sites (N-methyl/N-ethyl adjacent to an activating group) is 1. The van der Waals surface area contributed by atoms with Gasteiger partial charge in [-0.2, -0.15) is 0 Å². The molecule has 0 bridgehead atoms. The van der Waals surface area contributed by atoms with Gasteiger partial charge in [-0.3, -0.25) is 9.89 Å². The molecule has 1 N–H and O–H groups in total. The third kappa shape index (κ3) is 2.84. The molecule has 124 valence electrons. The van der Waals surface area contributed by atoms with Crippen LogP contribution in [0.3, 0.4) is 0 Å². The molecule has 0 aliphatic carbocycles.